The van der Waals surface area contributed by atoms with Crippen molar-refractivity contribution in [2.24, 2.45) is 23.7 Å². The fourth-order valence-corrected chi connectivity index (χ4v) is 4.51. The van der Waals surface area contributed by atoms with Gasteiger partial charge >= 0.3 is 0 Å². The van der Waals surface area contributed by atoms with Crippen molar-refractivity contribution in [3.63, 3.8) is 0 Å². The highest BCUT2D eigenvalue weighted by Crippen LogP contribution is 2.59. The minimum Gasteiger partial charge on any atom is -0.294 e. The molecule has 0 N–H and O–H groups in total. The van der Waals surface area contributed by atoms with Gasteiger partial charge in [0.15, 0.2) is 5.78 Å². The van der Waals surface area contributed by atoms with Crippen LogP contribution in [0.2, 0.25) is 0 Å². The van der Waals surface area contributed by atoms with Crippen LogP contribution in [0.25, 0.3) is 5.57 Å². The van der Waals surface area contributed by atoms with E-state index in [0.29, 0.717) is 17.6 Å². The van der Waals surface area contributed by atoms with Crippen LogP contribution in [0.4, 0.5) is 0 Å². The Labute approximate surface area is 102 Å². The van der Waals surface area contributed by atoms with Gasteiger partial charge in [-0.1, -0.05) is 30.8 Å². The Hall–Kier alpha value is -1.37. The number of hydrogen-bond donors (Lipinski definition) is 0. The largest absolute Gasteiger partial charge is 0.294 e. The summed E-state index contributed by atoms with van der Waals surface area (Å²) in [5.41, 5.74) is 3.27. The zero-order valence-electron chi connectivity index (χ0n) is 9.86. The average Bonchev–Trinajstić information content (AvgIpc) is 2.96. The summed E-state index contributed by atoms with van der Waals surface area (Å²) in [7, 11) is 0. The number of rotatable bonds is 0. The second kappa shape index (κ2) is 3.10. The molecular weight excluding hydrogens is 208 g/mol. The van der Waals surface area contributed by atoms with Gasteiger partial charge in [0, 0.05) is 11.5 Å². The lowest BCUT2D eigenvalue weighted by molar-refractivity contribution is 0.0833. The van der Waals surface area contributed by atoms with Crippen LogP contribution in [0.15, 0.2) is 30.8 Å². The zero-order chi connectivity index (χ0) is 11.6. The molecule has 1 aromatic rings. The van der Waals surface area contributed by atoms with Crippen molar-refractivity contribution in [1.29, 1.82) is 0 Å². The number of hydrogen-bond acceptors (Lipinski definition) is 1. The molecule has 0 radical (unpaired) electrons. The molecular formula is C16H16O. The SMILES string of the molecule is C=C1c2ccccc2C(=O)C2C3CCC(C3)C12. The van der Waals surface area contributed by atoms with Gasteiger partial charge in [0.25, 0.3) is 0 Å². The molecule has 86 valence electrons. The van der Waals surface area contributed by atoms with E-state index in [0.717, 1.165) is 17.0 Å². The van der Waals surface area contributed by atoms with E-state index in [2.05, 4.69) is 12.6 Å². The quantitative estimate of drug-likeness (QED) is 0.658. The number of ketones is 1. The fraction of sp³-hybridized carbons (Fsp3) is 0.438. The molecule has 0 amide bonds. The summed E-state index contributed by atoms with van der Waals surface area (Å²) in [6.07, 6.45) is 3.82. The van der Waals surface area contributed by atoms with Crippen molar-refractivity contribution >= 4 is 11.4 Å². The Morgan fingerprint density at radius 1 is 1.00 bits per heavy atom. The molecule has 0 spiro atoms. The minimum absolute atomic E-state index is 0.260. The predicted molar refractivity (Wildman–Crippen MR) is 67.6 cm³/mol. The molecule has 0 aliphatic heterocycles. The summed E-state index contributed by atoms with van der Waals surface area (Å²) >= 11 is 0. The molecule has 1 aromatic carbocycles. The van der Waals surface area contributed by atoms with Crippen LogP contribution in [0.3, 0.4) is 0 Å². The topological polar surface area (TPSA) is 17.1 Å². The third-order valence-corrected chi connectivity index (χ3v) is 5.16. The molecule has 1 heteroatoms. The van der Waals surface area contributed by atoms with Crippen LogP contribution in [0, 0.1) is 23.7 Å². The number of carbonyl (C=O) groups excluding carboxylic acids is 1. The van der Waals surface area contributed by atoms with Crippen LogP contribution in [-0.4, -0.2) is 5.78 Å². The van der Waals surface area contributed by atoms with E-state index < -0.39 is 0 Å². The van der Waals surface area contributed by atoms with Gasteiger partial charge in [0.2, 0.25) is 0 Å². The molecule has 0 heterocycles. The normalized spacial score (nSPS) is 38.1. The van der Waals surface area contributed by atoms with Crippen molar-refractivity contribution in [2.45, 2.75) is 19.3 Å². The Kier molecular flexibility index (Phi) is 1.76. The Balaban J connectivity index is 1.91. The molecule has 4 atom stereocenters. The van der Waals surface area contributed by atoms with E-state index in [9.17, 15) is 4.79 Å². The molecule has 2 saturated carbocycles. The van der Waals surface area contributed by atoms with E-state index in [1.807, 2.05) is 18.2 Å². The van der Waals surface area contributed by atoms with Crippen LogP contribution < -0.4 is 0 Å². The lowest BCUT2D eigenvalue weighted by Crippen LogP contribution is -2.34. The van der Waals surface area contributed by atoms with Gasteiger partial charge in [-0.25, -0.2) is 0 Å². The second-order valence-corrected chi connectivity index (χ2v) is 5.82. The maximum absolute atomic E-state index is 12.6. The number of Topliss-reactive ketones (excluding diaryl/α,β-unsaturated/α-hetero) is 1. The van der Waals surface area contributed by atoms with E-state index in [1.54, 1.807) is 0 Å². The number of benzene rings is 1. The monoisotopic (exact) mass is 224 g/mol. The minimum atomic E-state index is 0.260. The zero-order valence-corrected chi connectivity index (χ0v) is 9.86. The first-order chi connectivity index (χ1) is 8.27. The first-order valence-corrected chi connectivity index (χ1v) is 6.60. The lowest BCUT2D eigenvalue weighted by atomic mass is 9.66. The number of carbonyl (C=O) groups is 1. The molecule has 0 aromatic heterocycles. The highest BCUT2D eigenvalue weighted by Gasteiger charge is 2.54. The highest BCUT2D eigenvalue weighted by molar-refractivity contribution is 6.06. The van der Waals surface area contributed by atoms with E-state index in [1.165, 1.54) is 24.8 Å². The molecule has 4 unspecified atom stereocenters. The molecule has 0 saturated heterocycles. The maximum Gasteiger partial charge on any atom is 0.167 e. The summed E-state index contributed by atoms with van der Waals surface area (Å²) < 4.78 is 0. The van der Waals surface area contributed by atoms with Gasteiger partial charge in [-0.3, -0.25) is 4.79 Å². The molecule has 2 bridgehead atoms. The van der Waals surface area contributed by atoms with Crippen molar-refractivity contribution in [3.05, 3.63) is 42.0 Å². The first kappa shape index (κ1) is 9.64. The van der Waals surface area contributed by atoms with Gasteiger partial charge in [-0.05, 0) is 48.2 Å². The molecule has 4 rings (SSSR count). The van der Waals surface area contributed by atoms with Gasteiger partial charge < -0.3 is 0 Å². The first-order valence-electron chi connectivity index (χ1n) is 6.60. The molecule has 3 aliphatic rings. The van der Waals surface area contributed by atoms with Crippen LogP contribution in [0.1, 0.15) is 35.2 Å². The molecule has 2 fully saturated rings. The third kappa shape index (κ3) is 1.07. The van der Waals surface area contributed by atoms with Gasteiger partial charge in [0.1, 0.15) is 0 Å². The lowest BCUT2D eigenvalue weighted by Gasteiger charge is -2.36. The van der Waals surface area contributed by atoms with Gasteiger partial charge in [0.05, 0.1) is 0 Å². The van der Waals surface area contributed by atoms with E-state index in [-0.39, 0.29) is 5.92 Å². The fourth-order valence-electron chi connectivity index (χ4n) is 4.51. The Morgan fingerprint density at radius 2 is 1.65 bits per heavy atom. The highest BCUT2D eigenvalue weighted by atomic mass is 16.1. The molecule has 1 nitrogen and oxygen atoms in total. The summed E-state index contributed by atoms with van der Waals surface area (Å²) in [4.78, 5) is 12.6. The summed E-state index contributed by atoms with van der Waals surface area (Å²) in [6.45, 7) is 4.30. The van der Waals surface area contributed by atoms with Crippen molar-refractivity contribution in [1.82, 2.24) is 0 Å². The van der Waals surface area contributed by atoms with Crippen LogP contribution in [-0.2, 0) is 0 Å². The van der Waals surface area contributed by atoms with Gasteiger partial charge in [-0.2, -0.15) is 0 Å². The number of fused-ring (bicyclic) bond motifs is 6. The summed E-state index contributed by atoms with van der Waals surface area (Å²) in [5, 5.41) is 0. The van der Waals surface area contributed by atoms with E-state index in [4.69, 9.17) is 0 Å². The summed E-state index contributed by atoms with van der Waals surface area (Å²) in [6, 6.07) is 8.03. The summed E-state index contributed by atoms with van der Waals surface area (Å²) in [5.74, 6) is 2.48. The van der Waals surface area contributed by atoms with E-state index >= 15 is 0 Å². The molecule has 17 heavy (non-hydrogen) atoms. The Bertz CT molecular complexity index is 481. The van der Waals surface area contributed by atoms with Crippen LogP contribution in [0.5, 0.6) is 0 Å². The van der Waals surface area contributed by atoms with Crippen molar-refractivity contribution < 1.29 is 4.79 Å². The predicted octanol–water partition coefficient (Wildman–Crippen LogP) is 3.56. The second-order valence-electron chi connectivity index (χ2n) is 5.82. The van der Waals surface area contributed by atoms with Crippen molar-refractivity contribution in [2.75, 3.05) is 0 Å². The smallest absolute Gasteiger partial charge is 0.167 e. The third-order valence-electron chi connectivity index (χ3n) is 5.16. The maximum atomic E-state index is 12.6. The van der Waals surface area contributed by atoms with Gasteiger partial charge in [-0.15, -0.1) is 0 Å². The average molecular weight is 224 g/mol. The molecule has 3 aliphatic carbocycles. The number of allylic oxidation sites excluding steroid dienone is 1. The standard InChI is InChI=1S/C16H16O/c1-9-12-4-2-3-5-13(12)16(17)15-11-7-6-10(8-11)14(9)15/h2-5,10-11,14-15H,1,6-8H2. The van der Waals surface area contributed by atoms with Crippen LogP contribution >= 0.6 is 0 Å². The Morgan fingerprint density at radius 3 is 2.41 bits per heavy atom. The van der Waals surface area contributed by atoms with Crippen molar-refractivity contribution in [3.8, 4) is 0 Å².